The molecule has 0 amide bonds. The van der Waals surface area contributed by atoms with E-state index >= 15 is 0 Å². The fourth-order valence-electron chi connectivity index (χ4n) is 4.76. The Bertz CT molecular complexity index is 1800. The zero-order chi connectivity index (χ0) is 27.7. The number of aromatic nitrogens is 2. The maximum absolute atomic E-state index is 13.9. The Morgan fingerprint density at radius 1 is 1.08 bits per heavy atom. The maximum atomic E-state index is 13.9. The Morgan fingerprint density at radius 3 is 2.51 bits per heavy atom. The van der Waals surface area contributed by atoms with Crippen LogP contribution >= 0.6 is 11.3 Å². The Kier molecular flexibility index (Phi) is 7.30. The minimum Gasteiger partial charge on any atom is -0.465 e. The van der Waals surface area contributed by atoms with Crippen molar-refractivity contribution in [3.8, 4) is 0 Å². The van der Waals surface area contributed by atoms with Crippen LogP contribution in [0.5, 0.6) is 0 Å². The fraction of sp³-hybridized carbons (Fsp3) is 0.241. The molecule has 0 fully saturated rings. The number of carbonyl (C=O) groups excluding carboxylic acids is 2. The van der Waals surface area contributed by atoms with Gasteiger partial charge in [0.2, 0.25) is 0 Å². The second-order valence-electron chi connectivity index (χ2n) is 8.89. The summed E-state index contributed by atoms with van der Waals surface area (Å²) in [6, 6.07) is 12.5. The summed E-state index contributed by atoms with van der Waals surface area (Å²) in [6.45, 7) is 5.64. The van der Waals surface area contributed by atoms with Gasteiger partial charge in [0.05, 0.1) is 35.1 Å². The monoisotopic (exact) mass is 547 g/mol. The summed E-state index contributed by atoms with van der Waals surface area (Å²) in [5.41, 5.74) is 2.46. The maximum Gasteiger partial charge on any atom is 0.338 e. The quantitative estimate of drug-likeness (QED) is 0.331. The van der Waals surface area contributed by atoms with Gasteiger partial charge < -0.3 is 14.0 Å². The van der Waals surface area contributed by atoms with E-state index in [1.165, 1.54) is 28.0 Å². The highest BCUT2D eigenvalue weighted by Gasteiger charge is 2.33. The first-order chi connectivity index (χ1) is 18.8. The normalized spacial score (nSPS) is 15.3. The number of para-hydroxylation sites is 1. The van der Waals surface area contributed by atoms with E-state index in [1.807, 2.05) is 30.5 Å². The molecule has 8 nitrogen and oxygen atoms in total. The molecule has 2 aromatic heterocycles. The van der Waals surface area contributed by atoms with Gasteiger partial charge in [0.1, 0.15) is 12.4 Å². The molecule has 39 heavy (non-hydrogen) atoms. The standard InChI is InChI=1S/C29H26FN3O5S/c1-4-37-24(34)16-32-15-19(21-8-6-7-9-22(21)32)14-23-27(35)33-26(18-10-12-20(30)13-11-18)25(28(36)38-5-2)17(3)31-29(33)39-23/h6-15,26H,4-5,16H2,1-3H3. The number of carbonyl (C=O) groups is 2. The van der Waals surface area contributed by atoms with Crippen LogP contribution in [0.2, 0.25) is 0 Å². The van der Waals surface area contributed by atoms with Crippen molar-refractivity contribution in [2.75, 3.05) is 13.2 Å². The molecule has 3 heterocycles. The summed E-state index contributed by atoms with van der Waals surface area (Å²) in [6.07, 6.45) is 3.57. The van der Waals surface area contributed by atoms with Crippen molar-refractivity contribution in [1.29, 1.82) is 0 Å². The second-order valence-corrected chi connectivity index (χ2v) is 9.90. The summed E-state index contributed by atoms with van der Waals surface area (Å²) in [7, 11) is 0. The molecule has 1 aliphatic heterocycles. The van der Waals surface area contributed by atoms with Gasteiger partial charge in [-0.1, -0.05) is 41.7 Å². The number of hydrogen-bond acceptors (Lipinski definition) is 7. The van der Waals surface area contributed by atoms with Crippen molar-refractivity contribution < 1.29 is 23.5 Å². The Hall–Kier alpha value is -4.31. The summed E-state index contributed by atoms with van der Waals surface area (Å²) < 4.78 is 27.8. The van der Waals surface area contributed by atoms with E-state index in [-0.39, 0.29) is 36.9 Å². The van der Waals surface area contributed by atoms with Gasteiger partial charge in [0.15, 0.2) is 4.80 Å². The molecule has 0 saturated carbocycles. The molecule has 10 heteroatoms. The van der Waals surface area contributed by atoms with Gasteiger partial charge in [-0.25, -0.2) is 14.2 Å². The topological polar surface area (TPSA) is 91.9 Å². The average Bonchev–Trinajstić information content (AvgIpc) is 3.40. The molecular weight excluding hydrogens is 521 g/mol. The number of halogens is 1. The zero-order valence-corrected chi connectivity index (χ0v) is 22.5. The van der Waals surface area contributed by atoms with Crippen LogP contribution in [0.15, 0.2) is 75.8 Å². The molecule has 0 bridgehead atoms. The molecule has 0 saturated heterocycles. The van der Waals surface area contributed by atoms with E-state index in [1.54, 1.807) is 43.5 Å². The number of benzene rings is 2. The molecule has 1 unspecified atom stereocenters. The van der Waals surface area contributed by atoms with Crippen LogP contribution in [0.3, 0.4) is 0 Å². The van der Waals surface area contributed by atoms with Gasteiger partial charge in [0.25, 0.3) is 5.56 Å². The molecule has 200 valence electrons. The van der Waals surface area contributed by atoms with Crippen molar-refractivity contribution in [3.05, 3.63) is 103 Å². The largest absolute Gasteiger partial charge is 0.465 e. The van der Waals surface area contributed by atoms with Crippen LogP contribution in [0.1, 0.15) is 37.9 Å². The van der Waals surface area contributed by atoms with E-state index in [0.717, 1.165) is 16.5 Å². The van der Waals surface area contributed by atoms with Crippen LogP contribution in [-0.2, 0) is 25.6 Å². The number of allylic oxidation sites excluding steroid dienone is 1. The first kappa shape index (κ1) is 26.3. The number of ether oxygens (including phenoxy) is 2. The average molecular weight is 548 g/mol. The van der Waals surface area contributed by atoms with Gasteiger partial charge in [-0.2, -0.15) is 0 Å². The van der Waals surface area contributed by atoms with E-state index in [0.29, 0.717) is 20.6 Å². The number of nitrogens with zero attached hydrogens (tertiary/aromatic N) is 3. The molecular formula is C29H26FN3O5S. The summed E-state index contributed by atoms with van der Waals surface area (Å²) in [4.78, 5) is 44.0. The highest BCUT2D eigenvalue weighted by Crippen LogP contribution is 2.31. The van der Waals surface area contributed by atoms with Gasteiger partial charge >= 0.3 is 11.9 Å². The Morgan fingerprint density at radius 2 is 1.79 bits per heavy atom. The minimum absolute atomic E-state index is 0.0378. The van der Waals surface area contributed by atoms with Crippen LogP contribution in [0.4, 0.5) is 4.39 Å². The summed E-state index contributed by atoms with van der Waals surface area (Å²) >= 11 is 1.20. The predicted octanol–water partition coefficient (Wildman–Crippen LogP) is 3.46. The molecule has 0 N–H and O–H groups in total. The first-order valence-corrected chi connectivity index (χ1v) is 13.3. The van der Waals surface area contributed by atoms with E-state index < -0.39 is 17.8 Å². The van der Waals surface area contributed by atoms with Gasteiger partial charge in [0, 0.05) is 22.7 Å². The van der Waals surface area contributed by atoms with Crippen molar-refractivity contribution in [3.63, 3.8) is 0 Å². The van der Waals surface area contributed by atoms with Crippen molar-refractivity contribution in [2.45, 2.75) is 33.4 Å². The molecule has 4 aromatic rings. The fourth-order valence-corrected chi connectivity index (χ4v) is 5.80. The summed E-state index contributed by atoms with van der Waals surface area (Å²) in [5, 5.41) is 0.867. The lowest BCUT2D eigenvalue weighted by atomic mass is 9.96. The molecule has 0 radical (unpaired) electrons. The minimum atomic E-state index is -0.826. The third kappa shape index (κ3) is 4.95. The summed E-state index contributed by atoms with van der Waals surface area (Å²) in [5.74, 6) is -1.36. The highest BCUT2D eigenvalue weighted by molar-refractivity contribution is 7.07. The third-order valence-corrected chi connectivity index (χ3v) is 7.40. The molecule has 0 aliphatic carbocycles. The zero-order valence-electron chi connectivity index (χ0n) is 21.6. The van der Waals surface area contributed by atoms with Crippen molar-refractivity contribution >= 4 is 40.3 Å². The van der Waals surface area contributed by atoms with Gasteiger partial charge in [-0.3, -0.25) is 14.2 Å². The van der Waals surface area contributed by atoms with Crippen LogP contribution in [-0.4, -0.2) is 34.3 Å². The van der Waals surface area contributed by atoms with E-state index in [9.17, 15) is 18.8 Å². The van der Waals surface area contributed by atoms with Crippen LogP contribution in [0.25, 0.3) is 17.0 Å². The highest BCUT2D eigenvalue weighted by atomic mass is 32.1. The molecule has 1 atom stereocenters. The van der Waals surface area contributed by atoms with Crippen LogP contribution in [0, 0.1) is 5.82 Å². The third-order valence-electron chi connectivity index (χ3n) is 6.41. The van der Waals surface area contributed by atoms with E-state index in [2.05, 4.69) is 4.99 Å². The lowest BCUT2D eigenvalue weighted by molar-refractivity contribution is -0.143. The molecule has 0 spiro atoms. The van der Waals surface area contributed by atoms with Crippen molar-refractivity contribution in [1.82, 2.24) is 9.13 Å². The van der Waals surface area contributed by atoms with Crippen LogP contribution < -0.4 is 14.9 Å². The number of rotatable bonds is 7. The second kappa shape index (κ2) is 10.8. The number of thiazole rings is 1. The SMILES string of the molecule is CCOC(=O)Cn1cc(C=c2sc3n(c2=O)C(c2ccc(F)cc2)C(C(=O)OCC)=C(C)N=3)c2ccccc21. The first-order valence-electron chi connectivity index (χ1n) is 12.5. The molecule has 2 aromatic carbocycles. The molecule has 1 aliphatic rings. The van der Waals surface area contributed by atoms with E-state index in [4.69, 9.17) is 9.47 Å². The predicted molar refractivity (Wildman–Crippen MR) is 145 cm³/mol. The van der Waals surface area contributed by atoms with Crippen molar-refractivity contribution in [2.24, 2.45) is 4.99 Å². The smallest absolute Gasteiger partial charge is 0.338 e. The van der Waals surface area contributed by atoms with Gasteiger partial charge in [-0.05, 0) is 50.6 Å². The Labute approximate surface area is 226 Å². The number of hydrogen-bond donors (Lipinski definition) is 0. The molecule has 5 rings (SSSR count). The number of fused-ring (bicyclic) bond motifs is 2. The van der Waals surface area contributed by atoms with Gasteiger partial charge in [-0.15, -0.1) is 0 Å². The lowest BCUT2D eigenvalue weighted by Crippen LogP contribution is -2.39. The number of esters is 2. The lowest BCUT2D eigenvalue weighted by Gasteiger charge is -2.24. The Balaban J connectivity index is 1.69.